The number of fused-ring (bicyclic) bond motifs is 1. The Hall–Kier alpha value is -1.67. The molecule has 1 aliphatic rings. The maximum absolute atomic E-state index is 10.5. The van der Waals surface area contributed by atoms with E-state index < -0.39 is 6.10 Å². The maximum atomic E-state index is 10.5. The first-order valence-electron chi connectivity index (χ1n) is 10.6. The predicted octanol–water partition coefficient (Wildman–Crippen LogP) is 3.32. The van der Waals surface area contributed by atoms with Gasteiger partial charge in [-0.05, 0) is 49.6 Å². The number of rotatable bonds is 10. The standard InChI is InChI=1S/C22H33N3O3S/c1-2-23-22(24-10-5-11-28-16-17-8-12-27-13-9-17)25-15-19(26)21-14-18-6-3-4-7-20(18)29-21/h3-4,6-7,14,17,19,26H,2,5,8-13,15-16H2,1H3,(H2,23,24,25). The molecule has 29 heavy (non-hydrogen) atoms. The summed E-state index contributed by atoms with van der Waals surface area (Å²) in [6, 6.07) is 10.2. The van der Waals surface area contributed by atoms with Crippen molar-refractivity contribution in [1.29, 1.82) is 0 Å². The van der Waals surface area contributed by atoms with E-state index in [1.807, 2.05) is 19.1 Å². The van der Waals surface area contributed by atoms with Gasteiger partial charge >= 0.3 is 0 Å². The molecule has 1 aromatic carbocycles. The fourth-order valence-corrected chi connectivity index (χ4v) is 4.36. The van der Waals surface area contributed by atoms with E-state index in [2.05, 4.69) is 33.8 Å². The van der Waals surface area contributed by atoms with Gasteiger partial charge in [-0.15, -0.1) is 11.3 Å². The molecule has 3 rings (SSSR count). The highest BCUT2D eigenvalue weighted by Crippen LogP contribution is 2.29. The molecule has 1 fully saturated rings. The molecule has 0 amide bonds. The second kappa shape index (κ2) is 12.1. The molecule has 1 aromatic heterocycles. The Morgan fingerprint density at radius 1 is 1.31 bits per heavy atom. The van der Waals surface area contributed by atoms with Crippen LogP contribution in [0.1, 0.15) is 37.2 Å². The van der Waals surface area contributed by atoms with Crippen molar-refractivity contribution >= 4 is 27.4 Å². The summed E-state index contributed by atoms with van der Waals surface area (Å²) in [4.78, 5) is 5.50. The quantitative estimate of drug-likeness (QED) is 0.313. The predicted molar refractivity (Wildman–Crippen MR) is 120 cm³/mol. The first-order chi connectivity index (χ1) is 14.3. The van der Waals surface area contributed by atoms with Crippen LogP contribution in [0.5, 0.6) is 0 Å². The summed E-state index contributed by atoms with van der Waals surface area (Å²) in [7, 11) is 0. The third kappa shape index (κ3) is 7.26. The number of benzene rings is 1. The van der Waals surface area contributed by atoms with Crippen LogP contribution in [-0.4, -0.2) is 57.1 Å². The molecule has 2 heterocycles. The Labute approximate surface area is 177 Å². The first-order valence-corrected chi connectivity index (χ1v) is 11.4. The Morgan fingerprint density at radius 3 is 2.93 bits per heavy atom. The van der Waals surface area contributed by atoms with Crippen LogP contribution in [0.25, 0.3) is 10.1 Å². The Bertz CT molecular complexity index is 726. The van der Waals surface area contributed by atoms with Gasteiger partial charge in [0.05, 0.1) is 6.54 Å². The Balaban J connectivity index is 1.38. The molecule has 3 N–H and O–H groups in total. The van der Waals surface area contributed by atoms with Crippen molar-refractivity contribution in [2.45, 2.75) is 32.3 Å². The van der Waals surface area contributed by atoms with Crippen molar-refractivity contribution in [1.82, 2.24) is 10.6 Å². The Kier molecular flexibility index (Phi) is 9.21. The number of ether oxygens (including phenoxy) is 2. The summed E-state index contributed by atoms with van der Waals surface area (Å²) in [6.45, 7) is 7.26. The van der Waals surface area contributed by atoms with E-state index in [-0.39, 0.29) is 0 Å². The second-order valence-electron chi connectivity index (χ2n) is 7.33. The minimum atomic E-state index is -0.592. The second-order valence-corrected chi connectivity index (χ2v) is 8.45. The van der Waals surface area contributed by atoms with Crippen LogP contribution in [0.15, 0.2) is 35.3 Å². The highest BCUT2D eigenvalue weighted by Gasteiger charge is 2.13. The van der Waals surface area contributed by atoms with E-state index in [0.717, 1.165) is 69.6 Å². The van der Waals surface area contributed by atoms with Crippen LogP contribution >= 0.6 is 11.3 Å². The number of aliphatic hydroxyl groups excluding tert-OH is 1. The molecule has 0 radical (unpaired) electrons. The summed E-state index contributed by atoms with van der Waals surface area (Å²) >= 11 is 1.62. The SMILES string of the molecule is CCNC(=NCC(O)c1cc2ccccc2s1)NCCCOCC1CCOCC1. The Morgan fingerprint density at radius 2 is 2.14 bits per heavy atom. The molecule has 1 aliphatic heterocycles. The van der Waals surface area contributed by atoms with E-state index in [1.165, 1.54) is 10.1 Å². The minimum absolute atomic E-state index is 0.336. The van der Waals surface area contributed by atoms with E-state index >= 15 is 0 Å². The van der Waals surface area contributed by atoms with Crippen LogP contribution in [0.2, 0.25) is 0 Å². The van der Waals surface area contributed by atoms with Gasteiger partial charge in [0.2, 0.25) is 0 Å². The number of nitrogens with one attached hydrogen (secondary N) is 2. The topological polar surface area (TPSA) is 75.1 Å². The lowest BCUT2D eigenvalue weighted by molar-refractivity contribution is 0.0203. The number of thiophene rings is 1. The number of aliphatic imine (C=N–C) groups is 1. The highest BCUT2D eigenvalue weighted by atomic mass is 32.1. The molecule has 1 atom stereocenters. The van der Waals surface area contributed by atoms with Gasteiger partial charge in [-0.3, -0.25) is 4.99 Å². The molecular formula is C22H33N3O3S. The average Bonchev–Trinajstić information content (AvgIpc) is 3.19. The summed E-state index contributed by atoms with van der Waals surface area (Å²) < 4.78 is 12.4. The number of aliphatic hydroxyl groups is 1. The van der Waals surface area contributed by atoms with Crippen LogP contribution in [0, 0.1) is 5.92 Å². The zero-order chi connectivity index (χ0) is 20.3. The molecule has 0 aliphatic carbocycles. The van der Waals surface area contributed by atoms with Crippen LogP contribution < -0.4 is 10.6 Å². The van der Waals surface area contributed by atoms with E-state index in [4.69, 9.17) is 9.47 Å². The van der Waals surface area contributed by atoms with Crippen molar-refractivity contribution in [3.63, 3.8) is 0 Å². The van der Waals surface area contributed by atoms with Crippen LogP contribution in [0.4, 0.5) is 0 Å². The van der Waals surface area contributed by atoms with Crippen LogP contribution in [-0.2, 0) is 9.47 Å². The van der Waals surface area contributed by atoms with Crippen LogP contribution in [0.3, 0.4) is 0 Å². The third-order valence-corrected chi connectivity index (χ3v) is 6.21. The van der Waals surface area contributed by atoms with Gasteiger partial charge in [-0.25, -0.2) is 0 Å². The van der Waals surface area contributed by atoms with Gasteiger partial charge in [0.1, 0.15) is 6.10 Å². The molecule has 7 heteroatoms. The lowest BCUT2D eigenvalue weighted by atomic mass is 10.0. The maximum Gasteiger partial charge on any atom is 0.191 e. The van der Waals surface area contributed by atoms with Crippen molar-refractivity contribution < 1.29 is 14.6 Å². The van der Waals surface area contributed by atoms with Crippen molar-refractivity contribution in [2.75, 3.05) is 46.1 Å². The van der Waals surface area contributed by atoms with E-state index in [0.29, 0.717) is 12.5 Å². The largest absolute Gasteiger partial charge is 0.386 e. The van der Waals surface area contributed by atoms with Gasteiger partial charge in [-0.2, -0.15) is 0 Å². The molecule has 160 valence electrons. The summed E-state index contributed by atoms with van der Waals surface area (Å²) in [5, 5.41) is 18.2. The van der Waals surface area contributed by atoms with Crippen molar-refractivity contribution in [3.05, 3.63) is 35.2 Å². The number of hydrogen-bond donors (Lipinski definition) is 3. The molecule has 6 nitrogen and oxygen atoms in total. The fourth-order valence-electron chi connectivity index (χ4n) is 3.32. The third-order valence-electron chi connectivity index (χ3n) is 4.99. The monoisotopic (exact) mass is 419 g/mol. The highest BCUT2D eigenvalue weighted by molar-refractivity contribution is 7.19. The van der Waals surface area contributed by atoms with Gasteiger partial charge in [0.15, 0.2) is 5.96 Å². The molecule has 1 unspecified atom stereocenters. The summed E-state index contributed by atoms with van der Waals surface area (Å²) in [5.41, 5.74) is 0. The van der Waals surface area contributed by atoms with E-state index in [9.17, 15) is 5.11 Å². The first kappa shape index (κ1) is 22.0. The lowest BCUT2D eigenvalue weighted by Crippen LogP contribution is -2.38. The molecule has 0 saturated carbocycles. The zero-order valence-corrected chi connectivity index (χ0v) is 18.0. The normalized spacial score (nSPS) is 16.8. The smallest absolute Gasteiger partial charge is 0.191 e. The average molecular weight is 420 g/mol. The molecular weight excluding hydrogens is 386 g/mol. The lowest BCUT2D eigenvalue weighted by Gasteiger charge is -2.21. The zero-order valence-electron chi connectivity index (χ0n) is 17.2. The number of guanidine groups is 1. The van der Waals surface area contributed by atoms with Crippen molar-refractivity contribution in [2.24, 2.45) is 10.9 Å². The summed E-state index contributed by atoms with van der Waals surface area (Å²) in [6.07, 6.45) is 2.55. The molecule has 0 bridgehead atoms. The van der Waals surface area contributed by atoms with Gasteiger partial charge in [-0.1, -0.05) is 18.2 Å². The molecule has 1 saturated heterocycles. The van der Waals surface area contributed by atoms with E-state index in [1.54, 1.807) is 11.3 Å². The fraction of sp³-hybridized carbons (Fsp3) is 0.591. The molecule has 0 spiro atoms. The van der Waals surface area contributed by atoms with Crippen molar-refractivity contribution in [3.8, 4) is 0 Å². The molecule has 2 aromatic rings. The van der Waals surface area contributed by atoms with Gasteiger partial charge < -0.3 is 25.2 Å². The minimum Gasteiger partial charge on any atom is -0.386 e. The van der Waals surface area contributed by atoms with Gasteiger partial charge in [0, 0.05) is 49.1 Å². The number of hydrogen-bond acceptors (Lipinski definition) is 5. The number of nitrogens with zero attached hydrogens (tertiary/aromatic N) is 1. The van der Waals surface area contributed by atoms with Gasteiger partial charge in [0.25, 0.3) is 0 Å². The summed E-state index contributed by atoms with van der Waals surface area (Å²) in [5.74, 6) is 1.38.